The predicted molar refractivity (Wildman–Crippen MR) is 86.8 cm³/mol. The maximum absolute atomic E-state index is 12.6. The molecule has 2 aromatic rings. The molecule has 2 amide bonds. The lowest BCUT2D eigenvalue weighted by Gasteiger charge is -2.17. The van der Waals surface area contributed by atoms with Gasteiger partial charge in [-0.05, 0) is 42.3 Å². The molecule has 0 radical (unpaired) electrons. The highest BCUT2D eigenvalue weighted by Gasteiger charge is 2.30. The molecule has 0 fully saturated rings. The van der Waals surface area contributed by atoms with Gasteiger partial charge < -0.3 is 11.1 Å². The highest BCUT2D eigenvalue weighted by Crippen LogP contribution is 2.29. The van der Waals surface area contributed by atoms with Gasteiger partial charge in [0.15, 0.2) is 0 Å². The molecule has 3 N–H and O–H groups in total. The van der Waals surface area contributed by atoms with Gasteiger partial charge in [-0.15, -0.1) is 0 Å². The van der Waals surface area contributed by atoms with Crippen LogP contribution < -0.4 is 11.1 Å². The molecule has 0 bridgehead atoms. The molecule has 0 aliphatic heterocycles. The molecule has 0 aliphatic carbocycles. The van der Waals surface area contributed by atoms with Gasteiger partial charge in [-0.25, -0.2) is 0 Å². The summed E-state index contributed by atoms with van der Waals surface area (Å²) in [7, 11) is 0. The molecule has 2 aromatic carbocycles. The number of aryl methyl sites for hydroxylation is 1. The Kier molecular flexibility index (Phi) is 5.46. The van der Waals surface area contributed by atoms with Crippen LogP contribution in [0.5, 0.6) is 0 Å². The van der Waals surface area contributed by atoms with Gasteiger partial charge in [0.2, 0.25) is 5.91 Å². The van der Waals surface area contributed by atoms with Crippen LogP contribution in [0.3, 0.4) is 0 Å². The van der Waals surface area contributed by atoms with Gasteiger partial charge >= 0.3 is 6.18 Å². The van der Waals surface area contributed by atoms with E-state index in [-0.39, 0.29) is 12.0 Å². The van der Waals surface area contributed by atoms with Crippen LogP contribution in [0, 0.1) is 6.92 Å². The Morgan fingerprint density at radius 1 is 1.08 bits per heavy atom. The SMILES string of the molecule is Cc1ccccc1C[C@@H](NC(=O)c1ccc(C(F)(F)F)cc1)C(N)=O. The van der Waals surface area contributed by atoms with E-state index < -0.39 is 29.6 Å². The number of hydrogen-bond donors (Lipinski definition) is 2. The molecule has 0 heterocycles. The Bertz CT molecular complexity index is 771. The van der Waals surface area contributed by atoms with Crippen molar-refractivity contribution < 1.29 is 22.8 Å². The maximum Gasteiger partial charge on any atom is 0.416 e. The number of primary amides is 1. The second-order valence-corrected chi connectivity index (χ2v) is 5.63. The normalized spacial score (nSPS) is 12.5. The summed E-state index contributed by atoms with van der Waals surface area (Å²) in [6.07, 6.45) is -4.27. The van der Waals surface area contributed by atoms with E-state index in [1.807, 2.05) is 25.1 Å². The summed E-state index contributed by atoms with van der Waals surface area (Å²) >= 11 is 0. The van der Waals surface area contributed by atoms with Crippen LogP contribution in [0.1, 0.15) is 27.0 Å². The molecule has 0 saturated heterocycles. The number of benzene rings is 2. The topological polar surface area (TPSA) is 72.2 Å². The summed E-state index contributed by atoms with van der Waals surface area (Å²) in [5.41, 5.74) is 6.29. The molecule has 7 heteroatoms. The fraction of sp³-hybridized carbons (Fsp3) is 0.222. The van der Waals surface area contributed by atoms with Gasteiger partial charge in [-0.1, -0.05) is 24.3 Å². The quantitative estimate of drug-likeness (QED) is 0.870. The van der Waals surface area contributed by atoms with Crippen LogP contribution in [0.25, 0.3) is 0 Å². The van der Waals surface area contributed by atoms with Crippen LogP contribution in [0.4, 0.5) is 13.2 Å². The average molecular weight is 350 g/mol. The van der Waals surface area contributed by atoms with Crippen molar-refractivity contribution >= 4 is 11.8 Å². The van der Waals surface area contributed by atoms with E-state index in [0.29, 0.717) is 0 Å². The molecule has 0 saturated carbocycles. The largest absolute Gasteiger partial charge is 0.416 e. The predicted octanol–water partition coefficient (Wildman–Crippen LogP) is 2.84. The van der Waals surface area contributed by atoms with Gasteiger partial charge in [0.1, 0.15) is 6.04 Å². The van der Waals surface area contributed by atoms with Crippen LogP contribution >= 0.6 is 0 Å². The maximum atomic E-state index is 12.6. The minimum absolute atomic E-state index is 0.0176. The first-order valence-corrected chi connectivity index (χ1v) is 7.50. The van der Waals surface area contributed by atoms with Gasteiger partial charge in [0.25, 0.3) is 5.91 Å². The van der Waals surface area contributed by atoms with Crippen LogP contribution in [0.15, 0.2) is 48.5 Å². The summed E-state index contributed by atoms with van der Waals surface area (Å²) in [5.74, 6) is -1.38. The second kappa shape index (κ2) is 7.38. The number of carbonyl (C=O) groups is 2. The molecule has 0 aromatic heterocycles. The van der Waals surface area contributed by atoms with Crippen molar-refractivity contribution in [2.24, 2.45) is 5.73 Å². The fourth-order valence-electron chi connectivity index (χ4n) is 2.33. The number of alkyl halides is 3. The number of amides is 2. The Morgan fingerprint density at radius 3 is 2.20 bits per heavy atom. The van der Waals surface area contributed by atoms with E-state index in [9.17, 15) is 22.8 Å². The zero-order chi connectivity index (χ0) is 18.6. The van der Waals surface area contributed by atoms with E-state index in [2.05, 4.69) is 5.32 Å². The van der Waals surface area contributed by atoms with Crippen molar-refractivity contribution in [3.63, 3.8) is 0 Å². The third kappa shape index (κ3) is 4.82. The number of halogens is 3. The highest BCUT2D eigenvalue weighted by molar-refractivity contribution is 5.97. The third-order valence-electron chi connectivity index (χ3n) is 3.81. The number of carbonyl (C=O) groups excluding carboxylic acids is 2. The summed E-state index contributed by atoms with van der Waals surface area (Å²) in [4.78, 5) is 23.8. The third-order valence-corrected chi connectivity index (χ3v) is 3.81. The lowest BCUT2D eigenvalue weighted by molar-refractivity contribution is -0.137. The fourth-order valence-corrected chi connectivity index (χ4v) is 2.33. The summed E-state index contributed by atoms with van der Waals surface area (Å²) < 4.78 is 37.7. The van der Waals surface area contributed by atoms with Crippen molar-refractivity contribution in [1.29, 1.82) is 0 Å². The number of hydrogen-bond acceptors (Lipinski definition) is 2. The first-order valence-electron chi connectivity index (χ1n) is 7.50. The molecule has 2 rings (SSSR count). The molecule has 0 unspecified atom stereocenters. The van der Waals surface area contributed by atoms with Crippen molar-refractivity contribution in [2.45, 2.75) is 25.6 Å². The molecule has 0 spiro atoms. The minimum atomic E-state index is -4.48. The Labute approximate surface area is 142 Å². The van der Waals surface area contributed by atoms with Crippen molar-refractivity contribution in [2.75, 3.05) is 0 Å². The van der Waals surface area contributed by atoms with Crippen molar-refractivity contribution in [3.8, 4) is 0 Å². The first-order chi connectivity index (χ1) is 11.7. The highest BCUT2D eigenvalue weighted by atomic mass is 19.4. The molecule has 4 nitrogen and oxygen atoms in total. The zero-order valence-corrected chi connectivity index (χ0v) is 13.4. The van der Waals surface area contributed by atoms with Gasteiger partial charge in [0, 0.05) is 12.0 Å². The number of nitrogens with two attached hydrogens (primary N) is 1. The number of rotatable bonds is 5. The molecule has 25 heavy (non-hydrogen) atoms. The summed E-state index contributed by atoms with van der Waals surface area (Å²) in [5, 5.41) is 2.47. The van der Waals surface area contributed by atoms with Gasteiger partial charge in [0.05, 0.1) is 5.56 Å². The molecule has 0 aliphatic rings. The Morgan fingerprint density at radius 2 is 1.68 bits per heavy atom. The van der Waals surface area contributed by atoms with E-state index in [1.165, 1.54) is 0 Å². The van der Waals surface area contributed by atoms with E-state index in [4.69, 9.17) is 5.73 Å². The molecular formula is C18H17F3N2O2. The molecule has 1 atom stereocenters. The van der Waals surface area contributed by atoms with Crippen molar-refractivity contribution in [3.05, 3.63) is 70.8 Å². The van der Waals surface area contributed by atoms with E-state index in [0.717, 1.165) is 35.4 Å². The second-order valence-electron chi connectivity index (χ2n) is 5.63. The van der Waals surface area contributed by atoms with Gasteiger partial charge in [-0.3, -0.25) is 9.59 Å². The van der Waals surface area contributed by atoms with E-state index in [1.54, 1.807) is 6.07 Å². The standard InChI is InChI=1S/C18H17F3N2O2/c1-11-4-2-3-5-13(11)10-15(16(22)24)23-17(25)12-6-8-14(9-7-12)18(19,20)21/h2-9,15H,10H2,1H3,(H2,22,24)(H,23,25)/t15-/m1/s1. The van der Waals surface area contributed by atoms with Crippen molar-refractivity contribution in [1.82, 2.24) is 5.32 Å². The first kappa shape index (κ1) is 18.5. The van der Waals surface area contributed by atoms with Gasteiger partial charge in [-0.2, -0.15) is 13.2 Å². The van der Waals surface area contributed by atoms with Crippen LogP contribution in [-0.4, -0.2) is 17.9 Å². The Balaban J connectivity index is 2.13. The van der Waals surface area contributed by atoms with Crippen LogP contribution in [0.2, 0.25) is 0 Å². The van der Waals surface area contributed by atoms with Crippen LogP contribution in [-0.2, 0) is 17.4 Å². The molecule has 132 valence electrons. The average Bonchev–Trinajstić information content (AvgIpc) is 2.55. The zero-order valence-electron chi connectivity index (χ0n) is 13.4. The summed E-state index contributed by atoms with van der Waals surface area (Å²) in [6.45, 7) is 1.87. The number of nitrogens with one attached hydrogen (secondary N) is 1. The smallest absolute Gasteiger partial charge is 0.368 e. The monoisotopic (exact) mass is 350 g/mol. The lowest BCUT2D eigenvalue weighted by atomic mass is 10.0. The minimum Gasteiger partial charge on any atom is -0.368 e. The summed E-state index contributed by atoms with van der Waals surface area (Å²) in [6, 6.07) is 10.1. The van der Waals surface area contributed by atoms with E-state index >= 15 is 0 Å². The molecular weight excluding hydrogens is 333 g/mol. The lowest BCUT2D eigenvalue weighted by Crippen LogP contribution is -2.46. The Hall–Kier alpha value is -2.83.